The molecule has 2 amide bonds. The number of carbonyl (C=O) groups excluding carboxylic acids is 2. The van der Waals surface area contributed by atoms with Gasteiger partial charge in [0.05, 0.1) is 12.7 Å². The van der Waals surface area contributed by atoms with Gasteiger partial charge in [0.2, 0.25) is 0 Å². The predicted molar refractivity (Wildman–Crippen MR) is 87.7 cm³/mol. The van der Waals surface area contributed by atoms with Crippen LogP contribution in [0.4, 0.5) is 0 Å². The van der Waals surface area contributed by atoms with E-state index >= 15 is 0 Å². The van der Waals surface area contributed by atoms with Crippen molar-refractivity contribution >= 4 is 17.4 Å². The van der Waals surface area contributed by atoms with Crippen molar-refractivity contribution in [3.8, 4) is 5.75 Å². The molecule has 23 heavy (non-hydrogen) atoms. The van der Waals surface area contributed by atoms with Crippen LogP contribution >= 0.6 is 0 Å². The number of carbonyl (C=O) groups is 2. The predicted octanol–water partition coefficient (Wildman–Crippen LogP) is 2.28. The second-order valence-corrected chi connectivity index (χ2v) is 5.85. The molecule has 5 nitrogen and oxygen atoms in total. The average molecular weight is 314 g/mol. The number of piperidine rings is 1. The van der Waals surface area contributed by atoms with Crippen LogP contribution in [0.5, 0.6) is 5.75 Å². The normalized spacial score (nSPS) is 18.9. The van der Waals surface area contributed by atoms with Crippen LogP contribution in [-0.2, 0) is 9.59 Å². The summed E-state index contributed by atoms with van der Waals surface area (Å²) < 4.78 is 5.18. The van der Waals surface area contributed by atoms with Gasteiger partial charge in [-0.15, -0.1) is 0 Å². The van der Waals surface area contributed by atoms with Gasteiger partial charge in [-0.3, -0.25) is 14.5 Å². The Morgan fingerprint density at radius 1 is 1.00 bits per heavy atom. The molecule has 2 aliphatic heterocycles. The highest BCUT2D eigenvalue weighted by atomic mass is 16.5. The fourth-order valence-corrected chi connectivity index (χ4v) is 3.28. The van der Waals surface area contributed by atoms with Crippen molar-refractivity contribution in [1.29, 1.82) is 0 Å². The van der Waals surface area contributed by atoms with Crippen LogP contribution < -0.4 is 4.74 Å². The number of benzene rings is 1. The number of likely N-dealkylation sites (N-methyl/N-ethyl adjacent to an activating group) is 1. The third-order valence-electron chi connectivity index (χ3n) is 4.51. The topological polar surface area (TPSA) is 49.9 Å². The van der Waals surface area contributed by atoms with Crippen molar-refractivity contribution in [3.05, 3.63) is 35.5 Å². The summed E-state index contributed by atoms with van der Waals surface area (Å²) in [5.41, 5.74) is 1.88. The van der Waals surface area contributed by atoms with Gasteiger partial charge >= 0.3 is 0 Å². The standard InChI is InChI=1S/C18H22N2O3/c1-3-20-17(21)15(13-7-9-14(23-2)10-8-13)16(18(20)22)19-11-5-4-6-12-19/h7-10H,3-6,11-12H2,1-2H3. The summed E-state index contributed by atoms with van der Waals surface area (Å²) in [6, 6.07) is 7.34. The summed E-state index contributed by atoms with van der Waals surface area (Å²) in [6.07, 6.45) is 3.31. The lowest BCUT2D eigenvalue weighted by Crippen LogP contribution is -2.37. The second-order valence-electron chi connectivity index (χ2n) is 5.85. The molecule has 0 saturated carbocycles. The maximum atomic E-state index is 12.7. The first kappa shape index (κ1) is 15.6. The summed E-state index contributed by atoms with van der Waals surface area (Å²) >= 11 is 0. The van der Waals surface area contributed by atoms with E-state index in [4.69, 9.17) is 4.74 Å². The van der Waals surface area contributed by atoms with E-state index in [-0.39, 0.29) is 11.8 Å². The van der Waals surface area contributed by atoms with Crippen molar-refractivity contribution in [2.45, 2.75) is 26.2 Å². The Hall–Kier alpha value is -2.30. The molecule has 3 rings (SSSR count). The Morgan fingerprint density at radius 3 is 2.22 bits per heavy atom. The van der Waals surface area contributed by atoms with Gasteiger partial charge in [-0.05, 0) is 43.9 Å². The molecule has 0 aromatic heterocycles. The number of rotatable bonds is 4. The lowest BCUT2D eigenvalue weighted by atomic mass is 10.0. The summed E-state index contributed by atoms with van der Waals surface area (Å²) in [5, 5.41) is 0. The summed E-state index contributed by atoms with van der Waals surface area (Å²) in [7, 11) is 1.61. The van der Waals surface area contributed by atoms with Gasteiger partial charge in [-0.2, -0.15) is 0 Å². The molecule has 0 atom stereocenters. The van der Waals surface area contributed by atoms with E-state index in [9.17, 15) is 9.59 Å². The number of nitrogens with zero attached hydrogens (tertiary/aromatic N) is 2. The molecule has 1 aromatic rings. The van der Waals surface area contributed by atoms with E-state index in [1.807, 2.05) is 31.2 Å². The Morgan fingerprint density at radius 2 is 1.65 bits per heavy atom. The first-order valence-electron chi connectivity index (χ1n) is 8.17. The van der Waals surface area contributed by atoms with Crippen molar-refractivity contribution < 1.29 is 14.3 Å². The van der Waals surface area contributed by atoms with Crippen LogP contribution in [0.1, 0.15) is 31.7 Å². The minimum absolute atomic E-state index is 0.162. The van der Waals surface area contributed by atoms with Gasteiger partial charge in [-0.1, -0.05) is 12.1 Å². The van der Waals surface area contributed by atoms with Crippen molar-refractivity contribution in [2.75, 3.05) is 26.7 Å². The van der Waals surface area contributed by atoms with Gasteiger partial charge in [0.25, 0.3) is 11.8 Å². The Bertz CT molecular complexity index is 643. The zero-order chi connectivity index (χ0) is 16.4. The fraction of sp³-hybridized carbons (Fsp3) is 0.444. The molecule has 0 bridgehead atoms. The highest BCUT2D eigenvalue weighted by molar-refractivity contribution is 6.35. The zero-order valence-corrected chi connectivity index (χ0v) is 13.7. The second kappa shape index (κ2) is 6.44. The first-order valence-corrected chi connectivity index (χ1v) is 8.17. The summed E-state index contributed by atoms with van der Waals surface area (Å²) in [5.74, 6) is 0.381. The molecule has 0 spiro atoms. The molecule has 0 aliphatic carbocycles. The largest absolute Gasteiger partial charge is 0.497 e. The molecule has 1 aromatic carbocycles. The van der Waals surface area contributed by atoms with Gasteiger partial charge in [0.15, 0.2) is 0 Å². The Kier molecular flexibility index (Phi) is 4.37. The number of amides is 2. The van der Waals surface area contributed by atoms with Crippen molar-refractivity contribution in [2.24, 2.45) is 0 Å². The fourth-order valence-electron chi connectivity index (χ4n) is 3.28. The zero-order valence-electron chi connectivity index (χ0n) is 13.7. The smallest absolute Gasteiger partial charge is 0.277 e. The van der Waals surface area contributed by atoms with Gasteiger partial charge in [0.1, 0.15) is 11.4 Å². The molecule has 0 unspecified atom stereocenters. The molecule has 5 heteroatoms. The molecular weight excluding hydrogens is 292 g/mol. The molecule has 0 N–H and O–H groups in total. The maximum absolute atomic E-state index is 12.7. The Labute approximate surface area is 136 Å². The Balaban J connectivity index is 2.06. The minimum atomic E-state index is -0.191. The van der Waals surface area contributed by atoms with Gasteiger partial charge in [-0.25, -0.2) is 0 Å². The van der Waals surface area contributed by atoms with E-state index in [1.165, 1.54) is 11.3 Å². The monoisotopic (exact) mass is 314 g/mol. The number of methoxy groups -OCH3 is 1. The molecule has 122 valence electrons. The third-order valence-corrected chi connectivity index (χ3v) is 4.51. The van der Waals surface area contributed by atoms with Crippen molar-refractivity contribution in [1.82, 2.24) is 9.80 Å². The van der Waals surface area contributed by atoms with Crippen LogP contribution in [-0.4, -0.2) is 48.4 Å². The van der Waals surface area contributed by atoms with Crippen LogP contribution in [0.25, 0.3) is 5.57 Å². The van der Waals surface area contributed by atoms with Gasteiger partial charge < -0.3 is 9.64 Å². The molecule has 2 aliphatic rings. The quantitative estimate of drug-likeness (QED) is 0.800. The number of hydrogen-bond acceptors (Lipinski definition) is 4. The highest BCUT2D eigenvalue weighted by Crippen LogP contribution is 2.33. The molecular formula is C18H22N2O3. The lowest BCUT2D eigenvalue weighted by Gasteiger charge is -2.29. The average Bonchev–Trinajstić information content (AvgIpc) is 2.85. The third kappa shape index (κ3) is 2.71. The van der Waals surface area contributed by atoms with Crippen LogP contribution in [0.2, 0.25) is 0 Å². The van der Waals surface area contributed by atoms with E-state index in [1.54, 1.807) is 7.11 Å². The summed E-state index contributed by atoms with van der Waals surface area (Å²) in [6.45, 7) is 3.91. The SMILES string of the molecule is CCN1C(=O)C(c2ccc(OC)cc2)=C(N2CCCCC2)C1=O. The van der Waals surface area contributed by atoms with E-state index in [0.29, 0.717) is 17.8 Å². The number of hydrogen-bond donors (Lipinski definition) is 0. The van der Waals surface area contributed by atoms with Crippen LogP contribution in [0, 0.1) is 0 Å². The molecule has 1 saturated heterocycles. The number of likely N-dealkylation sites (tertiary alicyclic amines) is 1. The van der Waals surface area contributed by atoms with Crippen LogP contribution in [0.3, 0.4) is 0 Å². The minimum Gasteiger partial charge on any atom is -0.497 e. The number of ether oxygens (including phenoxy) is 1. The number of imide groups is 1. The maximum Gasteiger partial charge on any atom is 0.277 e. The summed E-state index contributed by atoms with van der Waals surface area (Å²) in [4.78, 5) is 28.9. The van der Waals surface area contributed by atoms with Gasteiger partial charge in [0, 0.05) is 19.6 Å². The lowest BCUT2D eigenvalue weighted by molar-refractivity contribution is -0.137. The molecule has 0 radical (unpaired) electrons. The van der Waals surface area contributed by atoms with Crippen LogP contribution in [0.15, 0.2) is 30.0 Å². The molecule has 1 fully saturated rings. The van der Waals surface area contributed by atoms with E-state index in [0.717, 1.165) is 37.2 Å². The van der Waals surface area contributed by atoms with E-state index in [2.05, 4.69) is 4.90 Å². The first-order chi connectivity index (χ1) is 11.2. The van der Waals surface area contributed by atoms with E-state index < -0.39 is 0 Å². The highest BCUT2D eigenvalue weighted by Gasteiger charge is 2.40. The van der Waals surface area contributed by atoms with Crippen molar-refractivity contribution in [3.63, 3.8) is 0 Å². The molecule has 2 heterocycles.